The molecule has 2 rings (SSSR count). The fourth-order valence-electron chi connectivity index (χ4n) is 2.94. The fourth-order valence-corrected chi connectivity index (χ4v) is 4.23. The first-order valence-electron chi connectivity index (χ1n) is 9.68. The Bertz CT molecular complexity index is 1080. The smallest absolute Gasteiger partial charge is 0.244 e. The highest BCUT2D eigenvalue weighted by molar-refractivity contribution is 9.10. The monoisotopic (exact) mass is 547 g/mol. The van der Waals surface area contributed by atoms with E-state index >= 15 is 0 Å². The summed E-state index contributed by atoms with van der Waals surface area (Å²) in [6, 6.07) is 9.72. The highest BCUT2D eigenvalue weighted by Crippen LogP contribution is 2.25. The molecule has 0 bridgehead atoms. The Labute approximate surface area is 200 Å². The highest BCUT2D eigenvalue weighted by Gasteiger charge is 2.30. The molecule has 0 aliphatic rings. The number of sulfonamides is 1. The van der Waals surface area contributed by atoms with Crippen molar-refractivity contribution in [1.82, 2.24) is 10.2 Å². The minimum absolute atomic E-state index is 0.0431. The van der Waals surface area contributed by atoms with E-state index in [0.717, 1.165) is 32.7 Å². The van der Waals surface area contributed by atoms with Gasteiger partial charge in [0.05, 0.1) is 17.0 Å². The van der Waals surface area contributed by atoms with Gasteiger partial charge in [-0.05, 0) is 49.7 Å². The van der Waals surface area contributed by atoms with E-state index in [1.54, 1.807) is 38.1 Å². The van der Waals surface area contributed by atoms with Crippen molar-refractivity contribution in [3.05, 3.63) is 63.3 Å². The Kier molecular flexibility index (Phi) is 9.06. The molecule has 0 radical (unpaired) electrons. The second-order valence-corrected chi connectivity index (χ2v) is 10.3. The van der Waals surface area contributed by atoms with Crippen LogP contribution in [-0.4, -0.2) is 50.5 Å². The minimum atomic E-state index is -3.91. The van der Waals surface area contributed by atoms with Gasteiger partial charge in [0.15, 0.2) is 0 Å². The van der Waals surface area contributed by atoms with Crippen LogP contribution < -0.4 is 9.62 Å². The quantitative estimate of drug-likeness (QED) is 0.519. The molecule has 1 N–H and O–H groups in total. The molecule has 0 saturated carbocycles. The van der Waals surface area contributed by atoms with Crippen molar-refractivity contribution in [2.45, 2.75) is 26.4 Å². The zero-order chi connectivity index (χ0) is 24.1. The number of amides is 2. The van der Waals surface area contributed by atoms with E-state index < -0.39 is 34.3 Å². The number of hydrogen-bond donors (Lipinski definition) is 1. The van der Waals surface area contributed by atoms with Crippen molar-refractivity contribution in [1.29, 1.82) is 0 Å². The highest BCUT2D eigenvalue weighted by atomic mass is 79.9. The van der Waals surface area contributed by atoms with Crippen molar-refractivity contribution in [2.24, 2.45) is 0 Å². The topological polar surface area (TPSA) is 86.8 Å². The van der Waals surface area contributed by atoms with Gasteiger partial charge < -0.3 is 10.2 Å². The van der Waals surface area contributed by atoms with Crippen LogP contribution >= 0.6 is 27.5 Å². The second kappa shape index (κ2) is 11.1. The molecule has 174 valence electrons. The Morgan fingerprint density at radius 3 is 2.34 bits per heavy atom. The molecule has 1 atom stereocenters. The summed E-state index contributed by atoms with van der Waals surface area (Å²) in [7, 11) is -3.91. The largest absolute Gasteiger partial charge is 0.355 e. The number of benzene rings is 2. The Hall–Kier alpha value is -2.17. The normalized spacial score (nSPS) is 12.2. The van der Waals surface area contributed by atoms with Gasteiger partial charge in [-0.3, -0.25) is 13.9 Å². The molecule has 0 fully saturated rings. The minimum Gasteiger partial charge on any atom is -0.355 e. The van der Waals surface area contributed by atoms with E-state index in [-0.39, 0.29) is 23.2 Å². The lowest BCUT2D eigenvalue weighted by atomic mass is 10.1. The average Bonchev–Trinajstić information content (AvgIpc) is 2.72. The van der Waals surface area contributed by atoms with Crippen molar-refractivity contribution in [3.63, 3.8) is 0 Å². The number of rotatable bonds is 9. The molecule has 0 aliphatic heterocycles. The van der Waals surface area contributed by atoms with Crippen molar-refractivity contribution in [2.75, 3.05) is 23.7 Å². The number of halogens is 3. The van der Waals surface area contributed by atoms with E-state index in [2.05, 4.69) is 21.2 Å². The van der Waals surface area contributed by atoms with Crippen LogP contribution in [0.25, 0.3) is 0 Å². The van der Waals surface area contributed by atoms with Gasteiger partial charge >= 0.3 is 0 Å². The molecule has 11 heteroatoms. The number of carbonyl (C=O) groups is 2. The lowest BCUT2D eigenvalue weighted by molar-refractivity contribution is -0.139. The SMILES string of the molecule is CCNC(=O)[C@@H](C)N(Cc1ccc(Br)cc1)C(=O)CN(c1ccc(F)c(Cl)c1)S(C)(=O)=O. The molecule has 0 unspecified atom stereocenters. The van der Waals surface area contributed by atoms with Gasteiger partial charge in [-0.2, -0.15) is 0 Å². The van der Waals surface area contributed by atoms with E-state index in [4.69, 9.17) is 11.6 Å². The van der Waals surface area contributed by atoms with Gasteiger partial charge in [-0.15, -0.1) is 0 Å². The molecule has 32 heavy (non-hydrogen) atoms. The third-order valence-corrected chi connectivity index (χ3v) is 6.61. The van der Waals surface area contributed by atoms with Crippen LogP contribution in [0.5, 0.6) is 0 Å². The van der Waals surface area contributed by atoms with Crippen LogP contribution in [0.3, 0.4) is 0 Å². The van der Waals surface area contributed by atoms with Crippen LogP contribution in [0.4, 0.5) is 10.1 Å². The van der Waals surface area contributed by atoms with Gasteiger partial charge in [0, 0.05) is 17.6 Å². The van der Waals surface area contributed by atoms with E-state index in [0.29, 0.717) is 6.54 Å². The van der Waals surface area contributed by atoms with Crippen molar-refractivity contribution >= 4 is 55.1 Å². The Morgan fingerprint density at radius 1 is 1.19 bits per heavy atom. The number of hydrogen-bond acceptors (Lipinski definition) is 4. The maximum Gasteiger partial charge on any atom is 0.244 e. The lowest BCUT2D eigenvalue weighted by Crippen LogP contribution is -2.51. The van der Waals surface area contributed by atoms with Crippen LogP contribution in [0.1, 0.15) is 19.4 Å². The number of likely N-dealkylation sites (N-methyl/N-ethyl adjacent to an activating group) is 1. The molecule has 0 heterocycles. The summed E-state index contributed by atoms with van der Waals surface area (Å²) >= 11 is 9.15. The zero-order valence-electron chi connectivity index (χ0n) is 17.8. The number of nitrogens with one attached hydrogen (secondary N) is 1. The average molecular weight is 549 g/mol. The molecule has 0 aromatic heterocycles. The van der Waals surface area contributed by atoms with E-state index in [1.165, 1.54) is 11.0 Å². The number of carbonyl (C=O) groups excluding carboxylic acids is 2. The van der Waals surface area contributed by atoms with Crippen LogP contribution in [0, 0.1) is 5.82 Å². The predicted octanol–water partition coefficient (Wildman–Crippen LogP) is 3.56. The molecule has 2 aromatic rings. The summed E-state index contributed by atoms with van der Waals surface area (Å²) in [6.07, 6.45) is 0.934. The van der Waals surface area contributed by atoms with Crippen LogP contribution in [0.2, 0.25) is 5.02 Å². The first-order chi connectivity index (χ1) is 14.9. The maximum absolute atomic E-state index is 13.6. The molecule has 0 spiro atoms. The fraction of sp³-hybridized carbons (Fsp3) is 0.333. The summed E-state index contributed by atoms with van der Waals surface area (Å²) in [5, 5.41) is 2.40. The number of nitrogens with zero attached hydrogens (tertiary/aromatic N) is 2. The molecule has 0 saturated heterocycles. The van der Waals surface area contributed by atoms with Gasteiger partial charge in [-0.1, -0.05) is 39.7 Å². The lowest BCUT2D eigenvalue weighted by Gasteiger charge is -2.31. The van der Waals surface area contributed by atoms with Gasteiger partial charge in [-0.25, -0.2) is 12.8 Å². The third-order valence-electron chi connectivity index (χ3n) is 4.65. The standard InChI is InChI=1S/C21H24BrClFN3O4S/c1-4-25-21(29)14(2)26(12-15-5-7-16(22)8-6-15)20(28)13-27(32(3,30)31)17-9-10-19(24)18(23)11-17/h5-11,14H,4,12-13H2,1-3H3,(H,25,29)/t14-/m1/s1. The first kappa shape index (κ1) is 26.1. The van der Waals surface area contributed by atoms with Crippen molar-refractivity contribution < 1.29 is 22.4 Å². The second-order valence-electron chi connectivity index (χ2n) is 7.09. The molecule has 0 aliphatic carbocycles. The van der Waals surface area contributed by atoms with Gasteiger partial charge in [0.25, 0.3) is 0 Å². The molecule has 2 aromatic carbocycles. The van der Waals surface area contributed by atoms with Gasteiger partial charge in [0.2, 0.25) is 21.8 Å². The maximum atomic E-state index is 13.6. The Balaban J connectivity index is 2.39. The third kappa shape index (κ3) is 6.91. The van der Waals surface area contributed by atoms with Gasteiger partial charge in [0.1, 0.15) is 18.4 Å². The summed E-state index contributed by atoms with van der Waals surface area (Å²) in [6.45, 7) is 3.22. The first-order valence-corrected chi connectivity index (χ1v) is 12.7. The number of anilines is 1. The van der Waals surface area contributed by atoms with E-state index in [9.17, 15) is 22.4 Å². The molecular formula is C21H24BrClFN3O4S. The molecule has 2 amide bonds. The summed E-state index contributed by atoms with van der Waals surface area (Å²) in [5.74, 6) is -1.68. The van der Waals surface area contributed by atoms with Crippen LogP contribution in [-0.2, 0) is 26.2 Å². The summed E-state index contributed by atoms with van der Waals surface area (Å²) in [5.41, 5.74) is 0.801. The molecular weight excluding hydrogens is 525 g/mol. The van der Waals surface area contributed by atoms with Crippen molar-refractivity contribution in [3.8, 4) is 0 Å². The zero-order valence-corrected chi connectivity index (χ0v) is 21.0. The summed E-state index contributed by atoms with van der Waals surface area (Å²) < 4.78 is 40.1. The van der Waals surface area contributed by atoms with Crippen LogP contribution in [0.15, 0.2) is 46.9 Å². The van der Waals surface area contributed by atoms with E-state index in [1.807, 2.05) is 0 Å². The Morgan fingerprint density at radius 2 is 1.81 bits per heavy atom. The molecule has 7 nitrogen and oxygen atoms in total. The summed E-state index contributed by atoms with van der Waals surface area (Å²) in [4.78, 5) is 27.0. The predicted molar refractivity (Wildman–Crippen MR) is 126 cm³/mol.